The summed E-state index contributed by atoms with van der Waals surface area (Å²) >= 11 is 0. The first-order valence-corrected chi connectivity index (χ1v) is 17.5. The predicted molar refractivity (Wildman–Crippen MR) is 213 cm³/mol. The summed E-state index contributed by atoms with van der Waals surface area (Å²) in [7, 11) is 0. The molecule has 1 unspecified atom stereocenters. The number of furan rings is 2. The van der Waals surface area contributed by atoms with E-state index < -0.39 is 6.17 Å². The van der Waals surface area contributed by atoms with Gasteiger partial charge in [-0.3, -0.25) is 0 Å². The van der Waals surface area contributed by atoms with Crippen LogP contribution in [0.5, 0.6) is 0 Å². The molecular formula is C47H29N3O2. The third kappa shape index (κ3) is 4.42. The second kappa shape index (κ2) is 11.3. The van der Waals surface area contributed by atoms with Gasteiger partial charge in [-0.25, -0.2) is 9.98 Å². The molecular weight excluding hydrogens is 639 g/mol. The van der Waals surface area contributed by atoms with E-state index in [9.17, 15) is 0 Å². The first-order chi connectivity index (χ1) is 25.8. The molecule has 1 aliphatic heterocycles. The maximum absolute atomic E-state index is 6.76. The molecule has 0 aliphatic carbocycles. The van der Waals surface area contributed by atoms with Crippen LogP contribution in [0, 0.1) is 0 Å². The molecule has 8 aromatic carbocycles. The molecule has 2 aromatic heterocycles. The summed E-state index contributed by atoms with van der Waals surface area (Å²) in [6, 6.07) is 56.8. The summed E-state index contributed by atoms with van der Waals surface area (Å²) in [5.74, 6) is 1.40. The maximum atomic E-state index is 6.76. The molecule has 1 atom stereocenters. The molecule has 3 heterocycles. The first kappa shape index (κ1) is 28.8. The lowest BCUT2D eigenvalue weighted by atomic mass is 9.96. The van der Waals surface area contributed by atoms with Crippen molar-refractivity contribution in [2.24, 2.45) is 9.98 Å². The Bertz CT molecular complexity index is 3110. The Balaban J connectivity index is 1.12. The summed E-state index contributed by atoms with van der Waals surface area (Å²) in [4.78, 5) is 10.5. The Morgan fingerprint density at radius 2 is 1.13 bits per heavy atom. The van der Waals surface area contributed by atoms with Crippen LogP contribution in [0.4, 0.5) is 0 Å². The van der Waals surface area contributed by atoms with Gasteiger partial charge >= 0.3 is 0 Å². The van der Waals surface area contributed by atoms with Crippen molar-refractivity contribution in [3.63, 3.8) is 0 Å². The van der Waals surface area contributed by atoms with E-state index in [1.807, 2.05) is 60.7 Å². The Morgan fingerprint density at radius 1 is 0.462 bits per heavy atom. The van der Waals surface area contributed by atoms with Gasteiger partial charge in [0, 0.05) is 43.8 Å². The highest BCUT2D eigenvalue weighted by molar-refractivity contribution is 6.23. The number of amidine groups is 2. The van der Waals surface area contributed by atoms with Crippen LogP contribution in [0.3, 0.4) is 0 Å². The van der Waals surface area contributed by atoms with E-state index in [-0.39, 0.29) is 0 Å². The van der Waals surface area contributed by atoms with Gasteiger partial charge in [0.2, 0.25) is 0 Å². The van der Waals surface area contributed by atoms with Crippen molar-refractivity contribution in [3.05, 3.63) is 180 Å². The minimum absolute atomic E-state index is 0.413. The van der Waals surface area contributed by atoms with E-state index in [0.29, 0.717) is 5.84 Å². The van der Waals surface area contributed by atoms with Crippen LogP contribution < -0.4 is 5.32 Å². The summed E-state index contributed by atoms with van der Waals surface area (Å²) in [5.41, 5.74) is 8.41. The Hall–Kier alpha value is -6.98. The van der Waals surface area contributed by atoms with Crippen molar-refractivity contribution >= 4 is 77.1 Å². The Labute approximate surface area is 298 Å². The molecule has 0 amide bonds. The quantitative estimate of drug-likeness (QED) is 0.190. The monoisotopic (exact) mass is 667 g/mol. The van der Waals surface area contributed by atoms with Crippen molar-refractivity contribution in [2.75, 3.05) is 0 Å². The van der Waals surface area contributed by atoms with Crippen LogP contribution in [0.25, 0.3) is 76.5 Å². The van der Waals surface area contributed by atoms with Crippen LogP contribution in [0.15, 0.2) is 183 Å². The lowest BCUT2D eigenvalue weighted by Crippen LogP contribution is -2.33. The number of aliphatic imine (C=N–C) groups is 2. The number of hydrogen-bond acceptors (Lipinski definition) is 5. The zero-order chi connectivity index (χ0) is 34.2. The van der Waals surface area contributed by atoms with Crippen molar-refractivity contribution in [1.82, 2.24) is 5.32 Å². The van der Waals surface area contributed by atoms with Crippen LogP contribution in [0.1, 0.15) is 22.9 Å². The molecule has 11 rings (SSSR count). The Kier molecular flexibility index (Phi) is 6.25. The van der Waals surface area contributed by atoms with Gasteiger partial charge in [0.05, 0.1) is 0 Å². The molecule has 0 spiro atoms. The number of nitrogens with zero attached hydrogens (tertiary/aromatic N) is 2. The highest BCUT2D eigenvalue weighted by Gasteiger charge is 2.26. The van der Waals surface area contributed by atoms with Crippen molar-refractivity contribution in [2.45, 2.75) is 6.17 Å². The lowest BCUT2D eigenvalue weighted by molar-refractivity contribution is 0.662. The van der Waals surface area contributed by atoms with Gasteiger partial charge in [-0.1, -0.05) is 140 Å². The van der Waals surface area contributed by atoms with Gasteiger partial charge < -0.3 is 14.2 Å². The SMILES string of the molecule is c1ccc(C2=NC(c3cccc4oc5c(-c6ccc7ccc8ccccc8c7c6)cccc5c34)=NC(c3cccc4oc5ccccc5c34)N2)cc1. The maximum Gasteiger partial charge on any atom is 0.160 e. The standard InChI is InChI=1S/C47H29N3O2/c1-2-12-30(13-3-1)45-48-46(36-18-9-21-40-42(36)34-15-6-7-20-39(34)51-40)50-47(49-45)37-19-10-22-41-43(37)35-17-8-16-33(44(35)52-41)31-26-25-29-24-23-28-11-4-5-14-32(28)38(29)27-31/h1-27,46H,(H,48,49,50). The third-order valence-corrected chi connectivity index (χ3v) is 10.3. The molecule has 1 aliphatic rings. The molecule has 0 fully saturated rings. The number of benzene rings is 8. The van der Waals surface area contributed by atoms with E-state index in [2.05, 4.69) is 108 Å². The van der Waals surface area contributed by atoms with Gasteiger partial charge in [0.25, 0.3) is 0 Å². The van der Waals surface area contributed by atoms with Gasteiger partial charge in [-0.05, 0) is 51.4 Å². The Morgan fingerprint density at radius 3 is 2.04 bits per heavy atom. The molecule has 0 saturated heterocycles. The number of para-hydroxylation sites is 2. The number of fused-ring (bicyclic) bond motifs is 9. The molecule has 5 nitrogen and oxygen atoms in total. The normalized spacial score (nSPS) is 14.7. The molecule has 244 valence electrons. The fourth-order valence-corrected chi connectivity index (χ4v) is 7.93. The average molecular weight is 668 g/mol. The highest BCUT2D eigenvalue weighted by Crippen LogP contribution is 2.40. The van der Waals surface area contributed by atoms with Crippen LogP contribution in [-0.2, 0) is 0 Å². The fourth-order valence-electron chi connectivity index (χ4n) is 7.93. The zero-order valence-corrected chi connectivity index (χ0v) is 27.9. The van der Waals surface area contributed by atoms with Gasteiger partial charge in [-0.15, -0.1) is 0 Å². The largest absolute Gasteiger partial charge is 0.456 e. The van der Waals surface area contributed by atoms with Crippen molar-refractivity contribution in [3.8, 4) is 11.1 Å². The molecule has 0 radical (unpaired) electrons. The van der Waals surface area contributed by atoms with Gasteiger partial charge in [0.15, 0.2) is 5.84 Å². The number of hydrogen-bond donors (Lipinski definition) is 1. The van der Waals surface area contributed by atoms with E-state index >= 15 is 0 Å². The third-order valence-electron chi connectivity index (χ3n) is 10.3. The smallest absolute Gasteiger partial charge is 0.160 e. The first-order valence-electron chi connectivity index (χ1n) is 17.5. The lowest BCUT2D eigenvalue weighted by Gasteiger charge is -2.24. The molecule has 52 heavy (non-hydrogen) atoms. The van der Waals surface area contributed by atoms with E-state index in [0.717, 1.165) is 77.5 Å². The number of rotatable bonds is 4. The average Bonchev–Trinajstić information content (AvgIpc) is 3.80. The summed E-state index contributed by atoms with van der Waals surface area (Å²) in [6.07, 6.45) is -0.413. The summed E-state index contributed by atoms with van der Waals surface area (Å²) in [6.45, 7) is 0. The molecule has 5 heteroatoms. The van der Waals surface area contributed by atoms with Crippen LogP contribution >= 0.6 is 0 Å². The molecule has 1 N–H and O–H groups in total. The van der Waals surface area contributed by atoms with Crippen LogP contribution in [0.2, 0.25) is 0 Å². The van der Waals surface area contributed by atoms with Gasteiger partial charge in [0.1, 0.15) is 34.3 Å². The fraction of sp³-hybridized carbons (Fsp3) is 0.0213. The minimum Gasteiger partial charge on any atom is -0.456 e. The molecule has 10 aromatic rings. The zero-order valence-electron chi connectivity index (χ0n) is 27.9. The minimum atomic E-state index is -0.413. The highest BCUT2D eigenvalue weighted by atomic mass is 16.3. The molecule has 0 saturated carbocycles. The van der Waals surface area contributed by atoms with Crippen molar-refractivity contribution in [1.29, 1.82) is 0 Å². The van der Waals surface area contributed by atoms with Crippen LogP contribution in [-0.4, -0.2) is 11.7 Å². The summed E-state index contributed by atoms with van der Waals surface area (Å²) in [5, 5.41) is 12.7. The second-order valence-electron chi connectivity index (χ2n) is 13.3. The van der Waals surface area contributed by atoms with Crippen molar-refractivity contribution < 1.29 is 8.83 Å². The van der Waals surface area contributed by atoms with Gasteiger partial charge in [-0.2, -0.15) is 0 Å². The second-order valence-corrected chi connectivity index (χ2v) is 13.3. The number of nitrogens with one attached hydrogen (secondary N) is 1. The summed E-state index contributed by atoms with van der Waals surface area (Å²) < 4.78 is 13.0. The topological polar surface area (TPSA) is 63.0 Å². The van der Waals surface area contributed by atoms with E-state index in [1.54, 1.807) is 0 Å². The predicted octanol–water partition coefficient (Wildman–Crippen LogP) is 12.0. The van der Waals surface area contributed by atoms with E-state index in [1.165, 1.54) is 21.5 Å². The van der Waals surface area contributed by atoms with E-state index in [4.69, 9.17) is 18.8 Å². The molecule has 0 bridgehead atoms.